The zero-order chi connectivity index (χ0) is 20.1. The molecule has 1 aromatic rings. The first-order valence-corrected chi connectivity index (χ1v) is 12.2. The van der Waals surface area contributed by atoms with Crippen molar-refractivity contribution in [2.45, 2.75) is 55.7 Å². The number of carbonyl (C=O) groups excluding carboxylic acids is 2. The molecule has 9 heteroatoms. The molecule has 0 aromatic carbocycles. The minimum Gasteiger partial charge on any atom is -0.455 e. The zero-order valence-corrected chi connectivity index (χ0v) is 17.8. The SMILES string of the molecule is CC1CCCCC1NC(=O)COC(=O)C1CCN(S(=O)(=O)c2cccs2)CC1. The van der Waals surface area contributed by atoms with Crippen LogP contribution in [0.1, 0.15) is 45.4 Å². The van der Waals surface area contributed by atoms with Crippen molar-refractivity contribution in [3.8, 4) is 0 Å². The number of carbonyl (C=O) groups is 2. The summed E-state index contributed by atoms with van der Waals surface area (Å²) in [6.07, 6.45) is 5.20. The molecule has 2 fully saturated rings. The number of hydrogen-bond acceptors (Lipinski definition) is 6. The molecule has 1 saturated heterocycles. The van der Waals surface area contributed by atoms with Crippen LogP contribution in [0, 0.1) is 11.8 Å². The number of ether oxygens (including phenoxy) is 1. The Bertz CT molecular complexity index is 770. The number of nitrogens with one attached hydrogen (secondary N) is 1. The first kappa shape index (κ1) is 21.3. The van der Waals surface area contributed by atoms with Crippen LogP contribution in [0.5, 0.6) is 0 Å². The Hall–Kier alpha value is -1.45. The van der Waals surface area contributed by atoms with Gasteiger partial charge in [-0.25, -0.2) is 8.42 Å². The van der Waals surface area contributed by atoms with E-state index < -0.39 is 16.0 Å². The highest BCUT2D eigenvalue weighted by Gasteiger charge is 2.33. The maximum Gasteiger partial charge on any atom is 0.309 e. The van der Waals surface area contributed by atoms with Crippen molar-refractivity contribution >= 4 is 33.2 Å². The van der Waals surface area contributed by atoms with Crippen LogP contribution in [0.3, 0.4) is 0 Å². The summed E-state index contributed by atoms with van der Waals surface area (Å²) in [5, 5.41) is 4.70. The average Bonchev–Trinajstić information content (AvgIpc) is 3.24. The molecule has 1 amide bonds. The molecule has 1 aliphatic carbocycles. The summed E-state index contributed by atoms with van der Waals surface area (Å²) in [4.78, 5) is 24.4. The summed E-state index contributed by atoms with van der Waals surface area (Å²) in [6.45, 7) is 2.43. The molecular formula is C19H28N2O5S2. The molecule has 28 heavy (non-hydrogen) atoms. The van der Waals surface area contributed by atoms with Crippen LogP contribution in [0.4, 0.5) is 0 Å². The fraction of sp³-hybridized carbons (Fsp3) is 0.684. The molecule has 2 atom stereocenters. The van der Waals surface area contributed by atoms with Gasteiger partial charge in [0.1, 0.15) is 4.21 Å². The fourth-order valence-electron chi connectivity index (χ4n) is 3.90. The highest BCUT2D eigenvalue weighted by molar-refractivity contribution is 7.91. The van der Waals surface area contributed by atoms with E-state index in [9.17, 15) is 18.0 Å². The summed E-state index contributed by atoms with van der Waals surface area (Å²) in [7, 11) is -3.48. The molecule has 0 bridgehead atoms. The molecule has 3 rings (SSSR count). The molecule has 2 unspecified atom stereocenters. The third-order valence-electron chi connectivity index (χ3n) is 5.68. The summed E-state index contributed by atoms with van der Waals surface area (Å²) < 4.78 is 32.0. The quantitative estimate of drug-likeness (QED) is 0.703. The number of rotatable bonds is 6. The van der Waals surface area contributed by atoms with Crippen LogP contribution >= 0.6 is 11.3 Å². The number of sulfonamides is 1. The van der Waals surface area contributed by atoms with E-state index >= 15 is 0 Å². The van der Waals surface area contributed by atoms with Crippen LogP contribution in [0.2, 0.25) is 0 Å². The monoisotopic (exact) mass is 428 g/mol. The lowest BCUT2D eigenvalue weighted by atomic mass is 9.86. The molecule has 0 radical (unpaired) electrons. The van der Waals surface area contributed by atoms with Crippen molar-refractivity contribution in [1.82, 2.24) is 9.62 Å². The van der Waals surface area contributed by atoms with Crippen molar-refractivity contribution < 1.29 is 22.7 Å². The Balaban J connectivity index is 1.42. The second-order valence-corrected chi connectivity index (χ2v) is 10.8. The lowest BCUT2D eigenvalue weighted by molar-refractivity contribution is -0.154. The lowest BCUT2D eigenvalue weighted by Gasteiger charge is -2.30. The number of esters is 1. The first-order valence-electron chi connectivity index (χ1n) is 9.87. The van der Waals surface area contributed by atoms with Crippen molar-refractivity contribution in [2.24, 2.45) is 11.8 Å². The first-order chi connectivity index (χ1) is 13.4. The van der Waals surface area contributed by atoms with Gasteiger partial charge in [0.05, 0.1) is 5.92 Å². The topological polar surface area (TPSA) is 92.8 Å². The van der Waals surface area contributed by atoms with Crippen molar-refractivity contribution in [3.63, 3.8) is 0 Å². The van der Waals surface area contributed by atoms with E-state index in [0.29, 0.717) is 23.0 Å². The third-order valence-corrected chi connectivity index (χ3v) is 8.95. The van der Waals surface area contributed by atoms with E-state index in [4.69, 9.17) is 4.74 Å². The second kappa shape index (κ2) is 9.37. The number of amides is 1. The molecule has 0 spiro atoms. The fourth-order valence-corrected chi connectivity index (χ4v) is 6.52. The van der Waals surface area contributed by atoms with Crippen LogP contribution in [0.15, 0.2) is 21.7 Å². The Morgan fingerprint density at radius 3 is 2.57 bits per heavy atom. The molecule has 1 aromatic heterocycles. The Labute approximate surface area is 170 Å². The third kappa shape index (κ3) is 5.12. The summed E-state index contributed by atoms with van der Waals surface area (Å²) in [5.41, 5.74) is 0. The van der Waals surface area contributed by atoms with Crippen molar-refractivity contribution in [1.29, 1.82) is 0 Å². The molecule has 1 aliphatic heterocycles. The Morgan fingerprint density at radius 1 is 1.21 bits per heavy atom. The van der Waals surface area contributed by atoms with Crippen LogP contribution in [-0.2, 0) is 24.3 Å². The number of piperidine rings is 1. The maximum atomic E-state index is 12.5. The van der Waals surface area contributed by atoms with Crippen molar-refractivity contribution in [3.05, 3.63) is 17.5 Å². The van der Waals surface area contributed by atoms with Crippen LogP contribution in [-0.4, -0.2) is 50.3 Å². The van der Waals surface area contributed by atoms with Gasteiger partial charge in [-0.2, -0.15) is 4.31 Å². The number of hydrogen-bond donors (Lipinski definition) is 1. The van der Waals surface area contributed by atoms with E-state index in [1.807, 2.05) is 0 Å². The second-order valence-electron chi connectivity index (χ2n) is 7.65. The summed E-state index contributed by atoms with van der Waals surface area (Å²) in [5.74, 6) is -0.593. The van der Waals surface area contributed by atoms with Gasteiger partial charge >= 0.3 is 5.97 Å². The lowest BCUT2D eigenvalue weighted by Crippen LogP contribution is -2.44. The summed E-state index contributed by atoms with van der Waals surface area (Å²) in [6, 6.07) is 3.46. The van der Waals surface area contributed by atoms with Gasteiger partial charge in [-0.3, -0.25) is 9.59 Å². The predicted octanol–water partition coefficient (Wildman–Crippen LogP) is 2.39. The summed E-state index contributed by atoms with van der Waals surface area (Å²) >= 11 is 1.19. The van der Waals surface area contributed by atoms with Gasteiger partial charge in [-0.15, -0.1) is 11.3 Å². The highest BCUT2D eigenvalue weighted by atomic mass is 32.2. The van der Waals surface area contributed by atoms with E-state index in [-0.39, 0.29) is 37.6 Å². The van der Waals surface area contributed by atoms with Gasteiger partial charge in [-0.05, 0) is 43.0 Å². The zero-order valence-electron chi connectivity index (χ0n) is 16.1. The number of nitrogens with zero attached hydrogens (tertiary/aromatic N) is 1. The molecular weight excluding hydrogens is 400 g/mol. The van der Waals surface area contributed by atoms with Crippen LogP contribution < -0.4 is 5.32 Å². The van der Waals surface area contributed by atoms with Gasteiger partial charge in [-0.1, -0.05) is 25.8 Å². The van der Waals surface area contributed by atoms with Gasteiger partial charge in [0, 0.05) is 19.1 Å². The van der Waals surface area contributed by atoms with Crippen LogP contribution in [0.25, 0.3) is 0 Å². The van der Waals surface area contributed by atoms with E-state index in [1.54, 1.807) is 17.5 Å². The molecule has 156 valence electrons. The van der Waals surface area contributed by atoms with E-state index in [2.05, 4.69) is 12.2 Å². The van der Waals surface area contributed by atoms with E-state index in [0.717, 1.165) is 19.3 Å². The number of thiophene rings is 1. The molecule has 1 N–H and O–H groups in total. The predicted molar refractivity (Wildman–Crippen MR) is 106 cm³/mol. The average molecular weight is 429 g/mol. The normalized spacial score (nSPS) is 24.6. The standard InChI is InChI=1S/C19H28N2O5S2/c1-14-5-2-3-6-16(14)20-17(22)13-26-19(23)15-8-10-21(11-9-15)28(24,25)18-7-4-12-27-18/h4,7,12,14-16H,2-3,5-6,8-11,13H2,1H3,(H,20,22). The molecule has 1 saturated carbocycles. The van der Waals surface area contributed by atoms with E-state index in [1.165, 1.54) is 22.1 Å². The largest absolute Gasteiger partial charge is 0.455 e. The minimum absolute atomic E-state index is 0.158. The smallest absolute Gasteiger partial charge is 0.309 e. The minimum atomic E-state index is -3.48. The van der Waals surface area contributed by atoms with Gasteiger partial charge in [0.25, 0.3) is 15.9 Å². The Kier molecular flexibility index (Phi) is 7.11. The van der Waals surface area contributed by atoms with Crippen molar-refractivity contribution in [2.75, 3.05) is 19.7 Å². The molecule has 2 aliphatic rings. The molecule has 2 heterocycles. The van der Waals surface area contributed by atoms with Gasteiger partial charge < -0.3 is 10.1 Å². The maximum absolute atomic E-state index is 12.5. The highest BCUT2D eigenvalue weighted by Crippen LogP contribution is 2.27. The van der Waals surface area contributed by atoms with Gasteiger partial charge in [0.2, 0.25) is 0 Å². The Morgan fingerprint density at radius 2 is 1.93 bits per heavy atom. The van der Waals surface area contributed by atoms with Gasteiger partial charge in [0.15, 0.2) is 6.61 Å². The molecule has 7 nitrogen and oxygen atoms in total.